The minimum Gasteiger partial charge on any atom is -0.480 e. The lowest BCUT2D eigenvalue weighted by Gasteiger charge is -2.20. The quantitative estimate of drug-likeness (QED) is 0.753. The van der Waals surface area contributed by atoms with Crippen molar-refractivity contribution in [1.29, 1.82) is 0 Å². The van der Waals surface area contributed by atoms with Crippen LogP contribution in [0.4, 0.5) is 13.2 Å². The van der Waals surface area contributed by atoms with Crippen LogP contribution in [-0.4, -0.2) is 54.4 Å². The van der Waals surface area contributed by atoms with E-state index in [1.165, 1.54) is 0 Å². The summed E-state index contributed by atoms with van der Waals surface area (Å²) in [4.78, 5) is 10.8. The number of sulfonamides is 1. The van der Waals surface area contributed by atoms with Crippen LogP contribution in [0.3, 0.4) is 0 Å². The molecule has 6 nitrogen and oxygen atoms in total. The first-order chi connectivity index (χ1) is 8.46. The highest BCUT2D eigenvalue weighted by molar-refractivity contribution is 7.89. The molecule has 0 aromatic carbocycles. The number of aliphatic carboxylic acids is 1. The molecule has 0 spiro atoms. The lowest BCUT2D eigenvalue weighted by molar-refractivity contribution is -0.142. The number of hydrogen-bond donors (Lipinski definition) is 2. The van der Waals surface area contributed by atoms with E-state index in [1.807, 2.05) is 0 Å². The summed E-state index contributed by atoms with van der Waals surface area (Å²) in [5, 5.41) is 8.84. The summed E-state index contributed by atoms with van der Waals surface area (Å²) in [6, 6.07) is 0. The zero-order chi connectivity index (χ0) is 14.9. The minimum atomic E-state index is -4.40. The average molecular weight is 304 g/mol. The fourth-order valence-corrected chi connectivity index (χ4v) is 3.36. The Morgan fingerprint density at radius 2 is 2.00 bits per heavy atom. The Balaban J connectivity index is 2.58. The molecule has 112 valence electrons. The van der Waals surface area contributed by atoms with E-state index in [1.54, 1.807) is 0 Å². The number of carbonyl (C=O) groups is 1. The number of alkyl halides is 3. The highest BCUT2D eigenvalue weighted by Crippen LogP contribution is 2.25. The van der Waals surface area contributed by atoms with Gasteiger partial charge in [0.15, 0.2) is 0 Å². The van der Waals surface area contributed by atoms with Gasteiger partial charge in [0.2, 0.25) is 10.0 Å². The van der Waals surface area contributed by atoms with Gasteiger partial charge in [-0.05, 0) is 12.8 Å². The minimum absolute atomic E-state index is 0.0547. The molecule has 1 aliphatic heterocycles. The van der Waals surface area contributed by atoms with Gasteiger partial charge in [0.05, 0.1) is 5.75 Å². The summed E-state index contributed by atoms with van der Waals surface area (Å²) < 4.78 is 60.1. The van der Waals surface area contributed by atoms with Gasteiger partial charge in [0.25, 0.3) is 0 Å². The van der Waals surface area contributed by atoms with Crippen molar-refractivity contribution in [3.8, 4) is 0 Å². The van der Waals surface area contributed by atoms with Crippen molar-refractivity contribution in [3.05, 3.63) is 0 Å². The van der Waals surface area contributed by atoms with Crippen molar-refractivity contribution in [2.24, 2.45) is 5.73 Å². The van der Waals surface area contributed by atoms with Crippen molar-refractivity contribution in [3.63, 3.8) is 0 Å². The Morgan fingerprint density at radius 3 is 2.42 bits per heavy atom. The van der Waals surface area contributed by atoms with Crippen LogP contribution < -0.4 is 5.73 Å². The molecule has 0 amide bonds. The Kier molecular flexibility index (Phi) is 4.47. The molecule has 0 aromatic rings. The summed E-state index contributed by atoms with van der Waals surface area (Å²) in [5.74, 6) is -1.98. The van der Waals surface area contributed by atoms with Gasteiger partial charge < -0.3 is 10.8 Å². The molecular formula is C9H15F3N2O4S. The number of halogens is 3. The fraction of sp³-hybridized carbons (Fsp3) is 0.889. The molecule has 0 aromatic heterocycles. The summed E-state index contributed by atoms with van der Waals surface area (Å²) in [7, 11) is -3.90. The van der Waals surface area contributed by atoms with Crippen LogP contribution in [0.2, 0.25) is 0 Å². The lowest BCUT2D eigenvalue weighted by atomic mass is 10.0. The molecule has 1 aliphatic rings. The maximum Gasteiger partial charge on any atom is 0.389 e. The molecule has 19 heavy (non-hydrogen) atoms. The number of carboxylic acid groups (broad SMARTS) is 1. The van der Waals surface area contributed by atoms with E-state index < -0.39 is 52.8 Å². The molecule has 1 saturated heterocycles. The number of nitrogens with zero attached hydrogens (tertiary/aromatic N) is 1. The fourth-order valence-electron chi connectivity index (χ4n) is 1.79. The van der Waals surface area contributed by atoms with Crippen molar-refractivity contribution >= 4 is 16.0 Å². The van der Waals surface area contributed by atoms with Crippen LogP contribution in [0.15, 0.2) is 0 Å². The second-order valence-corrected chi connectivity index (χ2v) is 6.67. The molecule has 0 radical (unpaired) electrons. The second kappa shape index (κ2) is 5.25. The summed E-state index contributed by atoms with van der Waals surface area (Å²) in [6.07, 6.45) is -6.19. The van der Waals surface area contributed by atoms with Gasteiger partial charge in [-0.25, -0.2) is 8.42 Å². The van der Waals surface area contributed by atoms with Crippen molar-refractivity contribution in [2.75, 3.05) is 18.8 Å². The first-order valence-electron chi connectivity index (χ1n) is 5.53. The van der Waals surface area contributed by atoms with Crippen molar-refractivity contribution in [2.45, 2.75) is 31.0 Å². The van der Waals surface area contributed by atoms with Crippen LogP contribution in [0, 0.1) is 0 Å². The Bertz CT molecular complexity index is 451. The van der Waals surface area contributed by atoms with Gasteiger partial charge in [-0.2, -0.15) is 17.5 Å². The predicted octanol–water partition coefficient (Wildman–Crippen LogP) is 0.146. The Hall–Kier alpha value is -0.870. The molecule has 1 atom stereocenters. The monoisotopic (exact) mass is 304 g/mol. The van der Waals surface area contributed by atoms with E-state index in [0.29, 0.717) is 0 Å². The highest BCUT2D eigenvalue weighted by atomic mass is 32.2. The lowest BCUT2D eigenvalue weighted by Crippen LogP contribution is -2.50. The van der Waals surface area contributed by atoms with E-state index in [-0.39, 0.29) is 13.0 Å². The maximum atomic E-state index is 11.9. The van der Waals surface area contributed by atoms with Gasteiger partial charge in [-0.15, -0.1) is 0 Å². The standard InChI is InChI=1S/C9H15F3N2O4S/c10-9(11,12)2-1-5-19(17,18)14-4-3-8(13,6-14)7(15)16/h1-6,13H2,(H,15,16). The predicted molar refractivity (Wildman–Crippen MR) is 59.8 cm³/mol. The average Bonchev–Trinajstić information content (AvgIpc) is 2.60. The number of nitrogens with two attached hydrogens (primary N) is 1. The van der Waals surface area contributed by atoms with Gasteiger partial charge in [0, 0.05) is 19.5 Å². The molecule has 0 saturated carbocycles. The zero-order valence-corrected chi connectivity index (χ0v) is 10.8. The third-order valence-electron chi connectivity index (χ3n) is 2.95. The van der Waals surface area contributed by atoms with Gasteiger partial charge in [0.1, 0.15) is 5.54 Å². The topological polar surface area (TPSA) is 101 Å². The van der Waals surface area contributed by atoms with Crippen LogP contribution in [0.1, 0.15) is 19.3 Å². The molecule has 1 heterocycles. The summed E-state index contributed by atoms with van der Waals surface area (Å²) in [5.41, 5.74) is 3.85. The Morgan fingerprint density at radius 1 is 1.42 bits per heavy atom. The van der Waals surface area contributed by atoms with Crippen LogP contribution in [0.25, 0.3) is 0 Å². The van der Waals surface area contributed by atoms with E-state index in [4.69, 9.17) is 10.8 Å². The normalized spacial score (nSPS) is 25.7. The van der Waals surface area contributed by atoms with Gasteiger partial charge >= 0.3 is 12.1 Å². The van der Waals surface area contributed by atoms with Gasteiger partial charge in [-0.3, -0.25) is 4.79 Å². The van der Waals surface area contributed by atoms with Crippen molar-refractivity contribution < 1.29 is 31.5 Å². The molecule has 10 heteroatoms. The Labute approximate surface area is 108 Å². The largest absolute Gasteiger partial charge is 0.480 e. The molecular weight excluding hydrogens is 289 g/mol. The van der Waals surface area contributed by atoms with Crippen LogP contribution in [-0.2, 0) is 14.8 Å². The zero-order valence-electron chi connectivity index (χ0n) is 9.98. The highest BCUT2D eigenvalue weighted by Gasteiger charge is 2.45. The second-order valence-electron chi connectivity index (χ2n) is 4.58. The first-order valence-corrected chi connectivity index (χ1v) is 7.14. The van der Waals surface area contributed by atoms with Crippen LogP contribution in [0.5, 0.6) is 0 Å². The van der Waals surface area contributed by atoms with E-state index in [9.17, 15) is 26.4 Å². The summed E-state index contributed by atoms with van der Waals surface area (Å²) in [6.45, 7) is -0.492. The van der Waals surface area contributed by atoms with E-state index in [2.05, 4.69) is 0 Å². The molecule has 1 unspecified atom stereocenters. The molecule has 3 N–H and O–H groups in total. The molecule has 0 aliphatic carbocycles. The van der Waals surface area contributed by atoms with Crippen molar-refractivity contribution in [1.82, 2.24) is 4.31 Å². The van der Waals surface area contributed by atoms with E-state index >= 15 is 0 Å². The molecule has 0 bridgehead atoms. The van der Waals surface area contributed by atoms with Gasteiger partial charge in [-0.1, -0.05) is 0 Å². The summed E-state index contributed by atoms with van der Waals surface area (Å²) >= 11 is 0. The number of carboxylic acids is 1. The van der Waals surface area contributed by atoms with E-state index in [0.717, 1.165) is 4.31 Å². The number of rotatable bonds is 5. The maximum absolute atomic E-state index is 11.9. The van der Waals surface area contributed by atoms with Crippen LogP contribution >= 0.6 is 0 Å². The third kappa shape index (κ3) is 4.32. The number of hydrogen-bond acceptors (Lipinski definition) is 4. The SMILES string of the molecule is NC1(C(=O)O)CCN(S(=O)(=O)CCCC(F)(F)F)C1. The smallest absolute Gasteiger partial charge is 0.389 e. The third-order valence-corrected chi connectivity index (χ3v) is 4.85. The molecule has 1 fully saturated rings. The first kappa shape index (κ1) is 16.2. The molecule has 1 rings (SSSR count).